The van der Waals surface area contributed by atoms with Crippen molar-refractivity contribution in [1.29, 1.82) is 0 Å². The van der Waals surface area contributed by atoms with Gasteiger partial charge in [-0.1, -0.05) is 92.1 Å². The number of carbonyl (C=O) groups is 4. The zero-order valence-electron chi connectivity index (χ0n) is 29.8. The van der Waals surface area contributed by atoms with Crippen LogP contribution < -0.4 is 10.6 Å². The van der Waals surface area contributed by atoms with Crippen LogP contribution in [0.4, 0.5) is 4.79 Å². The topological polar surface area (TPSA) is 108 Å². The van der Waals surface area contributed by atoms with Gasteiger partial charge in [-0.2, -0.15) is 0 Å². The molecule has 0 aromatic heterocycles. The highest BCUT2D eigenvalue weighted by Crippen LogP contribution is 2.44. The molecule has 3 aromatic rings. The molecule has 4 atom stereocenters. The van der Waals surface area contributed by atoms with Crippen molar-refractivity contribution >= 4 is 23.8 Å². The summed E-state index contributed by atoms with van der Waals surface area (Å²) in [7, 11) is 1.56. The van der Waals surface area contributed by atoms with Crippen LogP contribution in [-0.4, -0.2) is 71.9 Å². The van der Waals surface area contributed by atoms with E-state index in [1.54, 1.807) is 18.9 Å². The van der Waals surface area contributed by atoms with Crippen LogP contribution in [0.2, 0.25) is 0 Å². The second-order valence-corrected chi connectivity index (χ2v) is 14.8. The van der Waals surface area contributed by atoms with E-state index in [0.29, 0.717) is 13.0 Å². The molecule has 9 heteroatoms. The lowest BCUT2D eigenvalue weighted by Crippen LogP contribution is -2.58. The molecule has 1 saturated heterocycles. The predicted molar refractivity (Wildman–Crippen MR) is 196 cm³/mol. The van der Waals surface area contributed by atoms with Gasteiger partial charge >= 0.3 is 6.09 Å². The summed E-state index contributed by atoms with van der Waals surface area (Å²) in [6.07, 6.45) is 8.37. The molecule has 1 aliphatic heterocycles. The maximum absolute atomic E-state index is 14.4. The molecular formula is C42H50N4O5. The van der Waals surface area contributed by atoms with Gasteiger partial charge in [0.05, 0.1) is 6.04 Å². The van der Waals surface area contributed by atoms with Crippen LogP contribution in [0.25, 0.3) is 11.1 Å². The minimum atomic E-state index is -0.872. The Kier molecular flexibility index (Phi) is 10.4. The quantitative estimate of drug-likeness (QED) is 0.267. The third-order valence-electron chi connectivity index (χ3n) is 11.8. The molecule has 4 aliphatic rings. The van der Waals surface area contributed by atoms with Crippen molar-refractivity contribution in [3.05, 3.63) is 95.1 Å². The molecule has 51 heavy (non-hydrogen) atoms. The molecule has 268 valence electrons. The molecule has 3 aromatic carbocycles. The number of aryl methyl sites for hydroxylation is 1. The summed E-state index contributed by atoms with van der Waals surface area (Å²) in [6, 6.07) is 22.3. The van der Waals surface area contributed by atoms with Gasteiger partial charge in [0.1, 0.15) is 24.7 Å². The van der Waals surface area contributed by atoms with E-state index >= 15 is 0 Å². The predicted octanol–water partition coefficient (Wildman–Crippen LogP) is 6.51. The normalized spacial score (nSPS) is 21.1. The summed E-state index contributed by atoms with van der Waals surface area (Å²) in [4.78, 5) is 58.4. The summed E-state index contributed by atoms with van der Waals surface area (Å²) in [5.74, 6) is -0.858. The van der Waals surface area contributed by atoms with E-state index in [-0.39, 0.29) is 36.3 Å². The molecular weight excluding hydrogens is 640 g/mol. The van der Waals surface area contributed by atoms with Crippen LogP contribution in [-0.2, 0) is 25.5 Å². The Hall–Kier alpha value is -4.66. The molecule has 2 fully saturated rings. The fourth-order valence-corrected chi connectivity index (χ4v) is 8.81. The highest BCUT2D eigenvalue weighted by Gasteiger charge is 2.42. The number of ether oxygens (including phenoxy) is 1. The highest BCUT2D eigenvalue weighted by molar-refractivity contribution is 5.94. The smallest absolute Gasteiger partial charge is 0.410 e. The number of hydrogen-bond acceptors (Lipinski definition) is 5. The first kappa shape index (κ1) is 34.8. The third-order valence-corrected chi connectivity index (χ3v) is 11.8. The van der Waals surface area contributed by atoms with Gasteiger partial charge in [0, 0.05) is 19.5 Å². The highest BCUT2D eigenvalue weighted by atomic mass is 16.6. The summed E-state index contributed by atoms with van der Waals surface area (Å²) in [5.41, 5.74) is 6.95. The van der Waals surface area contributed by atoms with Crippen LogP contribution in [0.3, 0.4) is 0 Å². The Labute approximate surface area is 301 Å². The van der Waals surface area contributed by atoms with Crippen LogP contribution in [0.15, 0.2) is 72.8 Å². The largest absolute Gasteiger partial charge is 0.448 e. The number of carbonyl (C=O) groups excluding carboxylic acids is 4. The molecule has 0 bridgehead atoms. The van der Waals surface area contributed by atoms with Gasteiger partial charge in [0.25, 0.3) is 0 Å². The van der Waals surface area contributed by atoms with Crippen molar-refractivity contribution in [3.8, 4) is 11.1 Å². The molecule has 4 amide bonds. The Morgan fingerprint density at radius 1 is 0.804 bits per heavy atom. The summed E-state index contributed by atoms with van der Waals surface area (Å²) in [5, 5.41) is 6.34. The van der Waals surface area contributed by atoms with E-state index in [0.717, 1.165) is 85.6 Å². The molecule has 2 N–H and O–H groups in total. The summed E-state index contributed by atoms with van der Waals surface area (Å²) >= 11 is 0. The van der Waals surface area contributed by atoms with Gasteiger partial charge in [-0.3, -0.25) is 19.3 Å². The van der Waals surface area contributed by atoms with Gasteiger partial charge in [-0.05, 0) is 91.2 Å². The number of amides is 4. The number of rotatable bonds is 9. The Bertz CT molecular complexity index is 1720. The number of hydrogen-bond donors (Lipinski definition) is 2. The lowest BCUT2D eigenvalue weighted by atomic mass is 9.83. The van der Waals surface area contributed by atoms with E-state index < -0.39 is 30.1 Å². The summed E-state index contributed by atoms with van der Waals surface area (Å²) < 4.78 is 5.83. The number of nitrogens with zero attached hydrogens (tertiary/aromatic N) is 2. The molecule has 0 radical (unpaired) electrons. The van der Waals surface area contributed by atoms with Gasteiger partial charge in [0.2, 0.25) is 17.7 Å². The van der Waals surface area contributed by atoms with E-state index in [1.807, 2.05) is 36.4 Å². The van der Waals surface area contributed by atoms with Crippen LogP contribution in [0.5, 0.6) is 0 Å². The van der Waals surface area contributed by atoms with Gasteiger partial charge in [-0.15, -0.1) is 0 Å². The van der Waals surface area contributed by atoms with Gasteiger partial charge in [0.15, 0.2) is 0 Å². The van der Waals surface area contributed by atoms with Crippen LogP contribution in [0.1, 0.15) is 98.9 Å². The number of nitrogens with one attached hydrogen (secondary N) is 2. The van der Waals surface area contributed by atoms with E-state index in [2.05, 4.69) is 47.0 Å². The average Bonchev–Trinajstić information content (AvgIpc) is 3.79. The number of benzene rings is 3. The Balaban J connectivity index is 1.00. The molecule has 0 unspecified atom stereocenters. The van der Waals surface area contributed by atoms with Crippen molar-refractivity contribution in [2.45, 2.75) is 101 Å². The molecule has 9 nitrogen and oxygen atoms in total. The lowest BCUT2D eigenvalue weighted by molar-refractivity contribution is -0.143. The second-order valence-electron chi connectivity index (χ2n) is 14.8. The zero-order valence-corrected chi connectivity index (χ0v) is 29.8. The van der Waals surface area contributed by atoms with Gasteiger partial charge < -0.3 is 20.3 Å². The van der Waals surface area contributed by atoms with Gasteiger partial charge in [-0.25, -0.2) is 4.79 Å². The molecule has 3 aliphatic carbocycles. The maximum Gasteiger partial charge on any atom is 0.410 e. The van der Waals surface area contributed by atoms with E-state index in [1.165, 1.54) is 10.5 Å². The molecule has 1 saturated carbocycles. The number of likely N-dealkylation sites (tertiary alicyclic amines) is 1. The zero-order chi connectivity index (χ0) is 35.5. The first-order valence-electron chi connectivity index (χ1n) is 18.9. The SMILES string of the molecule is C[C@@H](C(=O)N[C@H](C(=O)N1CCC[C@H]1C(=O)N[C@@H]1CCCc2ccccc21)C1CCCCC1)N(C)C(=O)OCC1c2ccccc2-c2ccccc21. The van der Waals surface area contributed by atoms with Crippen molar-refractivity contribution in [2.75, 3.05) is 20.2 Å². The minimum Gasteiger partial charge on any atom is -0.448 e. The minimum absolute atomic E-state index is 0.0308. The van der Waals surface area contributed by atoms with E-state index in [4.69, 9.17) is 4.74 Å². The standard InChI is InChI=1S/C42H50N4O5/c1-27(45(2)42(50)51-26-35-33-21-10-8-19-31(33)32-20-9-11-22-34(32)35)39(47)44-38(29-15-4-3-5-16-29)41(49)46-25-13-24-37(46)40(48)43-36-23-12-17-28-14-6-7-18-30(28)36/h6-11,14,18-22,27,29,35-38H,3-5,12-13,15-17,23-26H2,1-2H3,(H,43,48)(H,44,47)/t27-,36+,37-,38-/m0/s1. The van der Waals surface area contributed by atoms with Crippen molar-refractivity contribution in [2.24, 2.45) is 5.92 Å². The lowest BCUT2D eigenvalue weighted by Gasteiger charge is -2.36. The molecule has 7 rings (SSSR count). The maximum atomic E-state index is 14.4. The first-order valence-corrected chi connectivity index (χ1v) is 18.9. The monoisotopic (exact) mass is 690 g/mol. The third kappa shape index (κ3) is 7.12. The fraction of sp³-hybridized carbons (Fsp3) is 0.476. The van der Waals surface area contributed by atoms with E-state index in [9.17, 15) is 19.2 Å². The van der Waals surface area contributed by atoms with Crippen molar-refractivity contribution < 1.29 is 23.9 Å². The average molecular weight is 691 g/mol. The number of likely N-dealkylation sites (N-methyl/N-ethyl adjacent to an activating group) is 1. The second kappa shape index (κ2) is 15.3. The Morgan fingerprint density at radius 3 is 2.16 bits per heavy atom. The van der Waals surface area contributed by atoms with Crippen LogP contribution >= 0.6 is 0 Å². The number of fused-ring (bicyclic) bond motifs is 4. The van der Waals surface area contributed by atoms with Crippen molar-refractivity contribution in [1.82, 2.24) is 20.4 Å². The Morgan fingerprint density at radius 2 is 1.45 bits per heavy atom. The fourth-order valence-electron chi connectivity index (χ4n) is 8.81. The molecule has 1 heterocycles. The summed E-state index contributed by atoms with van der Waals surface area (Å²) in [6.45, 7) is 2.29. The van der Waals surface area contributed by atoms with Crippen LogP contribution in [0, 0.1) is 5.92 Å². The van der Waals surface area contributed by atoms with Crippen molar-refractivity contribution in [3.63, 3.8) is 0 Å². The first-order chi connectivity index (χ1) is 24.8. The molecule has 0 spiro atoms.